The average molecular weight is 280 g/mol. The minimum atomic E-state index is -0.214. The van der Waals surface area contributed by atoms with Crippen molar-refractivity contribution in [2.24, 2.45) is 10.9 Å². The van der Waals surface area contributed by atoms with E-state index in [1.165, 1.54) is 12.8 Å². The van der Waals surface area contributed by atoms with Crippen molar-refractivity contribution in [2.75, 3.05) is 11.9 Å². The molecule has 0 amide bonds. The van der Waals surface area contributed by atoms with Gasteiger partial charge in [0.25, 0.3) is 0 Å². The lowest BCUT2D eigenvalue weighted by molar-refractivity contribution is 0.479. The summed E-state index contributed by atoms with van der Waals surface area (Å²) < 4.78 is 13.8. The van der Waals surface area contributed by atoms with E-state index < -0.39 is 0 Å². The van der Waals surface area contributed by atoms with Crippen molar-refractivity contribution >= 4 is 22.6 Å². The van der Waals surface area contributed by atoms with E-state index in [9.17, 15) is 4.39 Å². The van der Waals surface area contributed by atoms with Crippen LogP contribution in [-0.2, 0) is 0 Å². The van der Waals surface area contributed by atoms with Crippen LogP contribution in [0.5, 0.6) is 0 Å². The molecule has 0 spiro atoms. The van der Waals surface area contributed by atoms with Crippen LogP contribution in [0, 0.1) is 18.7 Å². The molecule has 1 unspecified atom stereocenters. The first-order chi connectivity index (χ1) is 9.13. The van der Waals surface area contributed by atoms with E-state index in [0.717, 1.165) is 17.3 Å². The number of rotatable bonds is 4. The quantitative estimate of drug-likeness (QED) is 0.881. The molecule has 0 bridgehead atoms. The highest BCUT2D eigenvalue weighted by atomic mass is 32.2. The van der Waals surface area contributed by atoms with Crippen LogP contribution in [0.4, 0.5) is 10.1 Å². The predicted octanol–water partition coefficient (Wildman–Crippen LogP) is 4.45. The molecular weight excluding hydrogens is 259 g/mol. The molecule has 0 fully saturated rings. The summed E-state index contributed by atoms with van der Waals surface area (Å²) in [5.74, 6) is 0.477. The molecule has 4 heteroatoms. The van der Waals surface area contributed by atoms with Crippen molar-refractivity contribution in [3.05, 3.63) is 29.6 Å². The molecule has 2 rings (SSSR count). The van der Waals surface area contributed by atoms with Gasteiger partial charge < -0.3 is 5.32 Å². The SMILES string of the molecule is CCC(CC)C1CN=C(Nc2ccc(C)cc2F)S1. The largest absolute Gasteiger partial charge is 0.333 e. The van der Waals surface area contributed by atoms with E-state index >= 15 is 0 Å². The molecule has 19 heavy (non-hydrogen) atoms. The zero-order valence-corrected chi connectivity index (χ0v) is 12.6. The summed E-state index contributed by atoms with van der Waals surface area (Å²) in [6.07, 6.45) is 2.35. The third-order valence-electron chi connectivity index (χ3n) is 3.62. The van der Waals surface area contributed by atoms with E-state index in [1.54, 1.807) is 23.9 Å². The van der Waals surface area contributed by atoms with Crippen LogP contribution in [0.2, 0.25) is 0 Å². The van der Waals surface area contributed by atoms with Crippen molar-refractivity contribution in [2.45, 2.75) is 38.9 Å². The maximum Gasteiger partial charge on any atom is 0.161 e. The maximum absolute atomic E-state index is 13.8. The van der Waals surface area contributed by atoms with Crippen molar-refractivity contribution in [3.8, 4) is 0 Å². The molecule has 1 N–H and O–H groups in total. The van der Waals surface area contributed by atoms with Crippen LogP contribution >= 0.6 is 11.8 Å². The lowest BCUT2D eigenvalue weighted by Crippen LogP contribution is -2.17. The Kier molecular flexibility index (Phi) is 4.86. The second-order valence-electron chi connectivity index (χ2n) is 4.99. The maximum atomic E-state index is 13.8. The summed E-state index contributed by atoms with van der Waals surface area (Å²) in [6.45, 7) is 7.17. The Hall–Kier alpha value is -1.03. The predicted molar refractivity (Wildman–Crippen MR) is 82.5 cm³/mol. The zero-order chi connectivity index (χ0) is 13.8. The number of nitrogens with zero attached hydrogens (tertiary/aromatic N) is 1. The average Bonchev–Trinajstić information content (AvgIpc) is 2.83. The van der Waals surface area contributed by atoms with E-state index in [0.29, 0.717) is 16.9 Å². The van der Waals surface area contributed by atoms with Crippen LogP contribution in [0.1, 0.15) is 32.3 Å². The van der Waals surface area contributed by atoms with Gasteiger partial charge in [-0.1, -0.05) is 44.5 Å². The molecule has 1 aromatic rings. The Bertz CT molecular complexity index is 469. The van der Waals surface area contributed by atoms with E-state index in [1.807, 2.05) is 13.0 Å². The Labute approximate surface area is 118 Å². The van der Waals surface area contributed by atoms with E-state index in [4.69, 9.17) is 0 Å². The molecule has 1 aliphatic heterocycles. The van der Waals surface area contributed by atoms with Crippen LogP contribution in [0.3, 0.4) is 0 Å². The van der Waals surface area contributed by atoms with Gasteiger partial charge in [0.1, 0.15) is 5.82 Å². The molecular formula is C15H21FN2S. The second kappa shape index (κ2) is 6.42. The van der Waals surface area contributed by atoms with Crippen LogP contribution in [-0.4, -0.2) is 17.0 Å². The minimum Gasteiger partial charge on any atom is -0.333 e. The number of nitrogens with one attached hydrogen (secondary N) is 1. The molecule has 1 heterocycles. The van der Waals surface area contributed by atoms with Gasteiger partial charge in [0, 0.05) is 5.25 Å². The Morgan fingerprint density at radius 3 is 2.79 bits per heavy atom. The second-order valence-corrected chi connectivity index (χ2v) is 6.21. The number of hydrogen-bond donors (Lipinski definition) is 1. The molecule has 1 aromatic carbocycles. The normalized spacial score (nSPS) is 18.8. The van der Waals surface area contributed by atoms with Crippen molar-refractivity contribution in [3.63, 3.8) is 0 Å². The fourth-order valence-corrected chi connectivity index (χ4v) is 3.69. The van der Waals surface area contributed by atoms with Gasteiger partial charge in [0.05, 0.1) is 12.2 Å². The Balaban J connectivity index is 1.98. The standard InChI is InChI=1S/C15H21FN2S/c1-4-11(5-2)14-9-17-15(19-14)18-13-7-6-10(3)8-12(13)16/h6-8,11,14H,4-5,9H2,1-3H3,(H,17,18). The van der Waals surface area contributed by atoms with Crippen LogP contribution < -0.4 is 5.32 Å². The first-order valence-corrected chi connectivity index (χ1v) is 7.76. The van der Waals surface area contributed by atoms with E-state index in [-0.39, 0.29) is 5.82 Å². The van der Waals surface area contributed by atoms with Crippen molar-refractivity contribution in [1.82, 2.24) is 0 Å². The number of amidine groups is 1. The highest BCUT2D eigenvalue weighted by Crippen LogP contribution is 2.31. The molecule has 104 valence electrons. The van der Waals surface area contributed by atoms with Gasteiger partial charge in [-0.3, -0.25) is 4.99 Å². The summed E-state index contributed by atoms with van der Waals surface area (Å²) in [7, 11) is 0. The molecule has 0 saturated heterocycles. The first kappa shape index (κ1) is 14.4. The molecule has 0 aliphatic carbocycles. The number of thioether (sulfide) groups is 1. The lowest BCUT2D eigenvalue weighted by Gasteiger charge is -2.18. The number of halogens is 1. The van der Waals surface area contributed by atoms with Crippen LogP contribution in [0.25, 0.3) is 0 Å². The van der Waals surface area contributed by atoms with Gasteiger partial charge >= 0.3 is 0 Å². The van der Waals surface area contributed by atoms with Crippen molar-refractivity contribution in [1.29, 1.82) is 0 Å². The first-order valence-electron chi connectivity index (χ1n) is 6.88. The Morgan fingerprint density at radius 2 is 2.16 bits per heavy atom. The monoisotopic (exact) mass is 280 g/mol. The molecule has 1 aliphatic rings. The number of aryl methyl sites for hydroxylation is 1. The number of benzene rings is 1. The van der Waals surface area contributed by atoms with Crippen molar-refractivity contribution < 1.29 is 4.39 Å². The molecule has 0 aromatic heterocycles. The molecule has 1 atom stereocenters. The topological polar surface area (TPSA) is 24.4 Å². The third kappa shape index (κ3) is 3.50. The number of anilines is 1. The van der Waals surface area contributed by atoms with Gasteiger partial charge in [0.15, 0.2) is 5.17 Å². The lowest BCUT2D eigenvalue weighted by atomic mass is 9.99. The van der Waals surface area contributed by atoms with Gasteiger partial charge in [-0.05, 0) is 30.5 Å². The highest BCUT2D eigenvalue weighted by molar-refractivity contribution is 8.15. The van der Waals surface area contributed by atoms with Crippen LogP contribution in [0.15, 0.2) is 23.2 Å². The summed E-state index contributed by atoms with van der Waals surface area (Å²) in [5, 5.41) is 4.49. The van der Waals surface area contributed by atoms with E-state index in [2.05, 4.69) is 24.2 Å². The Morgan fingerprint density at radius 1 is 1.42 bits per heavy atom. The number of aliphatic imine (C=N–C) groups is 1. The summed E-state index contributed by atoms with van der Waals surface area (Å²) in [6, 6.07) is 5.23. The molecule has 0 saturated carbocycles. The summed E-state index contributed by atoms with van der Waals surface area (Å²) >= 11 is 1.75. The summed E-state index contributed by atoms with van der Waals surface area (Å²) in [5.41, 5.74) is 1.45. The fraction of sp³-hybridized carbons (Fsp3) is 0.533. The smallest absolute Gasteiger partial charge is 0.161 e. The van der Waals surface area contributed by atoms with Gasteiger partial charge in [-0.15, -0.1) is 0 Å². The molecule has 0 radical (unpaired) electrons. The molecule has 2 nitrogen and oxygen atoms in total. The third-order valence-corrected chi connectivity index (χ3v) is 4.91. The highest BCUT2D eigenvalue weighted by Gasteiger charge is 2.26. The van der Waals surface area contributed by atoms with Gasteiger partial charge in [-0.2, -0.15) is 0 Å². The fourth-order valence-electron chi connectivity index (χ4n) is 2.36. The van der Waals surface area contributed by atoms with Gasteiger partial charge in [0.2, 0.25) is 0 Å². The summed E-state index contributed by atoms with van der Waals surface area (Å²) in [4.78, 5) is 4.49. The zero-order valence-electron chi connectivity index (χ0n) is 11.7. The van der Waals surface area contributed by atoms with Gasteiger partial charge in [-0.25, -0.2) is 4.39 Å². The number of hydrogen-bond acceptors (Lipinski definition) is 3. The minimum absolute atomic E-state index is 0.214.